The number of hydrogen-bond donors (Lipinski definition) is 0. The van der Waals surface area contributed by atoms with Gasteiger partial charge in [0.15, 0.2) is 6.10 Å². The molecule has 6 nitrogen and oxygen atoms in total. The van der Waals surface area contributed by atoms with E-state index in [1.807, 2.05) is 0 Å². The maximum atomic E-state index is 12.8. The highest BCUT2D eigenvalue weighted by Gasteiger charge is 2.19. The number of ether oxygens (including phenoxy) is 3. The highest BCUT2D eigenvalue weighted by atomic mass is 16.6. The number of carbonyl (C=O) groups excluding carboxylic acids is 3. The van der Waals surface area contributed by atoms with Gasteiger partial charge >= 0.3 is 17.9 Å². The molecule has 62 heavy (non-hydrogen) atoms. The molecular formula is C56H104O6. The molecule has 0 aromatic carbocycles. The van der Waals surface area contributed by atoms with Crippen LogP contribution in [0.3, 0.4) is 0 Å². The summed E-state index contributed by atoms with van der Waals surface area (Å²) in [6.07, 6.45) is 58.7. The number of allylic oxidation sites excluding steroid dienone is 4. The van der Waals surface area contributed by atoms with E-state index in [-0.39, 0.29) is 31.1 Å². The van der Waals surface area contributed by atoms with Crippen molar-refractivity contribution in [2.75, 3.05) is 13.2 Å². The van der Waals surface area contributed by atoms with Gasteiger partial charge in [0, 0.05) is 19.3 Å². The molecule has 364 valence electrons. The Morgan fingerprint density at radius 1 is 0.306 bits per heavy atom. The molecule has 0 saturated carbocycles. The Hall–Kier alpha value is -2.11. The third kappa shape index (κ3) is 48.9. The fourth-order valence-electron chi connectivity index (χ4n) is 8.02. The molecule has 0 saturated heterocycles. The fourth-order valence-corrected chi connectivity index (χ4v) is 8.02. The normalized spacial score (nSPS) is 12.1. The predicted octanol–water partition coefficient (Wildman–Crippen LogP) is 17.9. The molecule has 0 rings (SSSR count). The molecule has 0 aliphatic heterocycles. The summed E-state index contributed by atoms with van der Waals surface area (Å²) in [5, 5.41) is 0. The first-order valence-electron chi connectivity index (χ1n) is 27.3. The van der Waals surface area contributed by atoms with Crippen LogP contribution in [0.2, 0.25) is 0 Å². The van der Waals surface area contributed by atoms with E-state index in [0.29, 0.717) is 19.3 Å². The summed E-state index contributed by atoms with van der Waals surface area (Å²) in [4.78, 5) is 38.0. The van der Waals surface area contributed by atoms with E-state index in [0.717, 1.165) is 64.2 Å². The van der Waals surface area contributed by atoms with Crippen molar-refractivity contribution in [1.29, 1.82) is 0 Å². The molecule has 0 N–H and O–H groups in total. The van der Waals surface area contributed by atoms with Gasteiger partial charge in [-0.05, 0) is 70.6 Å². The molecule has 0 aromatic rings. The molecule has 1 atom stereocenters. The lowest BCUT2D eigenvalue weighted by atomic mass is 10.0. The third-order valence-corrected chi connectivity index (χ3v) is 12.2. The molecule has 0 aliphatic carbocycles. The molecule has 0 fully saturated rings. The Balaban J connectivity index is 4.34. The van der Waals surface area contributed by atoms with Gasteiger partial charge in [-0.25, -0.2) is 0 Å². The first-order chi connectivity index (χ1) is 30.5. The number of rotatable bonds is 50. The van der Waals surface area contributed by atoms with E-state index < -0.39 is 6.10 Å². The summed E-state index contributed by atoms with van der Waals surface area (Å²) in [5.74, 6) is -0.869. The Labute approximate surface area is 385 Å². The molecule has 0 radical (unpaired) electrons. The van der Waals surface area contributed by atoms with Crippen molar-refractivity contribution in [3.8, 4) is 0 Å². The van der Waals surface area contributed by atoms with Gasteiger partial charge in [0.1, 0.15) is 13.2 Å². The Bertz CT molecular complexity index is 1000. The number of hydrogen-bond acceptors (Lipinski definition) is 6. The first kappa shape index (κ1) is 59.9. The van der Waals surface area contributed by atoms with E-state index in [4.69, 9.17) is 14.2 Å². The van der Waals surface area contributed by atoms with Crippen LogP contribution in [0.25, 0.3) is 0 Å². The van der Waals surface area contributed by atoms with Crippen LogP contribution in [-0.4, -0.2) is 37.2 Å². The zero-order valence-electron chi connectivity index (χ0n) is 41.7. The first-order valence-corrected chi connectivity index (χ1v) is 27.3. The molecular weight excluding hydrogens is 769 g/mol. The minimum absolute atomic E-state index is 0.0722. The van der Waals surface area contributed by atoms with Crippen molar-refractivity contribution in [2.45, 2.75) is 303 Å². The summed E-state index contributed by atoms with van der Waals surface area (Å²) in [5.41, 5.74) is 0. The maximum Gasteiger partial charge on any atom is 0.306 e. The largest absolute Gasteiger partial charge is 0.462 e. The summed E-state index contributed by atoms with van der Waals surface area (Å²) in [6, 6.07) is 0. The van der Waals surface area contributed by atoms with Crippen LogP contribution in [0.5, 0.6) is 0 Å². The van der Waals surface area contributed by atoms with E-state index in [1.54, 1.807) is 0 Å². The highest BCUT2D eigenvalue weighted by molar-refractivity contribution is 5.71. The van der Waals surface area contributed by atoms with Gasteiger partial charge in [0.05, 0.1) is 0 Å². The van der Waals surface area contributed by atoms with Crippen LogP contribution in [0.15, 0.2) is 24.3 Å². The van der Waals surface area contributed by atoms with Crippen molar-refractivity contribution in [1.82, 2.24) is 0 Å². The van der Waals surface area contributed by atoms with Crippen molar-refractivity contribution in [3.05, 3.63) is 24.3 Å². The predicted molar refractivity (Wildman–Crippen MR) is 266 cm³/mol. The molecule has 0 amide bonds. The van der Waals surface area contributed by atoms with Crippen molar-refractivity contribution in [3.63, 3.8) is 0 Å². The second kappa shape index (κ2) is 51.5. The zero-order chi connectivity index (χ0) is 45.1. The summed E-state index contributed by atoms with van der Waals surface area (Å²) in [7, 11) is 0. The number of esters is 3. The van der Waals surface area contributed by atoms with Gasteiger partial charge in [-0.3, -0.25) is 14.4 Å². The summed E-state index contributed by atoms with van der Waals surface area (Å²) in [6.45, 7) is 6.64. The molecule has 6 heteroatoms. The molecule has 0 aliphatic rings. The van der Waals surface area contributed by atoms with Crippen molar-refractivity contribution < 1.29 is 28.6 Å². The van der Waals surface area contributed by atoms with Gasteiger partial charge < -0.3 is 14.2 Å². The summed E-state index contributed by atoms with van der Waals surface area (Å²) >= 11 is 0. The molecule has 0 bridgehead atoms. The minimum atomic E-state index is -0.771. The second-order valence-electron chi connectivity index (χ2n) is 18.5. The molecule has 0 aromatic heterocycles. The van der Waals surface area contributed by atoms with Crippen LogP contribution < -0.4 is 0 Å². The van der Waals surface area contributed by atoms with Crippen LogP contribution in [0, 0.1) is 0 Å². The second-order valence-corrected chi connectivity index (χ2v) is 18.5. The van der Waals surface area contributed by atoms with Gasteiger partial charge in [-0.1, -0.05) is 231 Å². The number of carbonyl (C=O) groups is 3. The van der Waals surface area contributed by atoms with Gasteiger partial charge in [-0.15, -0.1) is 0 Å². The lowest BCUT2D eigenvalue weighted by Crippen LogP contribution is -2.30. The van der Waals surface area contributed by atoms with E-state index in [2.05, 4.69) is 45.1 Å². The van der Waals surface area contributed by atoms with E-state index >= 15 is 0 Å². The average molecular weight is 873 g/mol. The van der Waals surface area contributed by atoms with Gasteiger partial charge in [0.25, 0.3) is 0 Å². The molecule has 0 spiro atoms. The monoisotopic (exact) mass is 873 g/mol. The smallest absolute Gasteiger partial charge is 0.306 e. The lowest BCUT2D eigenvalue weighted by Gasteiger charge is -2.18. The SMILES string of the molecule is CCCCCC/C=C\CCCCCCCC(=O)OC[C@H](COC(=O)CCCCCCCCC/C=C\CCCCCCCC)OC(=O)CCCCCCCCCCCCCCCC. The highest BCUT2D eigenvalue weighted by Crippen LogP contribution is 2.16. The Morgan fingerprint density at radius 3 is 0.823 bits per heavy atom. The summed E-state index contributed by atoms with van der Waals surface area (Å²) < 4.78 is 16.8. The standard InChI is InChI=1S/C56H104O6/c1-4-7-10-13-16-19-22-25-27-28-29-32-34-37-40-43-46-49-55(58)61-52-53(51-60-54(57)48-45-42-39-36-33-30-24-21-18-15-12-9-6-3)62-56(59)50-47-44-41-38-35-31-26-23-20-17-14-11-8-5-2/h21,24-25,27,53H,4-20,22-23,26,28-52H2,1-3H3/b24-21-,27-25-/t53-/m1/s1. The molecule has 0 unspecified atom stereocenters. The maximum absolute atomic E-state index is 12.8. The van der Waals surface area contributed by atoms with E-state index in [1.165, 1.54) is 193 Å². The van der Waals surface area contributed by atoms with Crippen molar-refractivity contribution in [2.24, 2.45) is 0 Å². The minimum Gasteiger partial charge on any atom is -0.462 e. The average Bonchev–Trinajstić information content (AvgIpc) is 3.27. The molecule has 0 heterocycles. The Morgan fingerprint density at radius 2 is 0.532 bits per heavy atom. The van der Waals surface area contributed by atoms with Crippen LogP contribution in [0.1, 0.15) is 297 Å². The quantitative estimate of drug-likeness (QED) is 0.0262. The van der Waals surface area contributed by atoms with Crippen LogP contribution in [-0.2, 0) is 28.6 Å². The topological polar surface area (TPSA) is 78.9 Å². The number of unbranched alkanes of at least 4 members (excludes halogenated alkanes) is 35. The van der Waals surface area contributed by atoms with E-state index in [9.17, 15) is 14.4 Å². The Kier molecular flexibility index (Phi) is 49.8. The van der Waals surface area contributed by atoms with Gasteiger partial charge in [0.2, 0.25) is 0 Å². The van der Waals surface area contributed by atoms with Gasteiger partial charge in [-0.2, -0.15) is 0 Å². The van der Waals surface area contributed by atoms with Crippen LogP contribution >= 0.6 is 0 Å². The fraction of sp³-hybridized carbons (Fsp3) is 0.875. The zero-order valence-corrected chi connectivity index (χ0v) is 41.7. The lowest BCUT2D eigenvalue weighted by molar-refractivity contribution is -0.167. The van der Waals surface area contributed by atoms with Crippen molar-refractivity contribution >= 4 is 17.9 Å². The third-order valence-electron chi connectivity index (χ3n) is 12.2. The van der Waals surface area contributed by atoms with Crippen LogP contribution in [0.4, 0.5) is 0 Å².